The van der Waals surface area contributed by atoms with E-state index >= 15 is 0 Å². The Kier molecular flexibility index (Phi) is 4.60. The van der Waals surface area contributed by atoms with Gasteiger partial charge in [-0.15, -0.1) is 0 Å². The van der Waals surface area contributed by atoms with Gasteiger partial charge in [-0.1, -0.05) is 30.7 Å². The van der Waals surface area contributed by atoms with E-state index in [9.17, 15) is 4.79 Å². The first-order valence-electron chi connectivity index (χ1n) is 6.87. The number of fused-ring (bicyclic) bond motifs is 1. The second kappa shape index (κ2) is 6.22. The molecule has 0 fully saturated rings. The number of unbranched alkanes of at least 4 members (excludes halogenated alkanes) is 1. The number of rotatable bonds is 4. The molecule has 0 aliphatic heterocycles. The van der Waals surface area contributed by atoms with E-state index in [1.54, 1.807) is 42.3 Å². The third-order valence-electron chi connectivity index (χ3n) is 3.22. The van der Waals surface area contributed by atoms with Crippen LogP contribution >= 0.6 is 11.3 Å². The summed E-state index contributed by atoms with van der Waals surface area (Å²) >= 11 is 1.55. The molecule has 0 N–H and O–H groups in total. The van der Waals surface area contributed by atoms with Gasteiger partial charge >= 0.3 is 6.03 Å². The predicted octanol–water partition coefficient (Wildman–Crippen LogP) is 3.76. The topological polar surface area (TPSA) is 36.4 Å². The number of nitrogens with zero attached hydrogens (tertiary/aromatic N) is 3. The van der Waals surface area contributed by atoms with Crippen molar-refractivity contribution in [1.29, 1.82) is 0 Å². The van der Waals surface area contributed by atoms with Gasteiger partial charge in [-0.25, -0.2) is 9.78 Å². The first-order chi connectivity index (χ1) is 9.52. The summed E-state index contributed by atoms with van der Waals surface area (Å²) in [5.74, 6) is 0. The lowest BCUT2D eigenvalue weighted by Gasteiger charge is -2.18. The Hall–Kier alpha value is -1.62. The number of aromatic nitrogens is 1. The Labute approximate surface area is 124 Å². The highest BCUT2D eigenvalue weighted by atomic mass is 32.1. The molecule has 0 atom stereocenters. The molecule has 1 aromatic carbocycles. The van der Waals surface area contributed by atoms with Crippen LogP contribution in [-0.4, -0.2) is 37.1 Å². The van der Waals surface area contributed by atoms with Gasteiger partial charge in [-0.2, -0.15) is 0 Å². The summed E-state index contributed by atoms with van der Waals surface area (Å²) < 4.78 is 1.12. The average molecular weight is 291 g/mol. The van der Waals surface area contributed by atoms with Gasteiger partial charge < -0.3 is 4.90 Å². The SMILES string of the molecule is CCCCc1ccc2sc(N(C)C(=O)N(C)C)nc2c1. The third-order valence-corrected chi connectivity index (χ3v) is 4.33. The summed E-state index contributed by atoms with van der Waals surface area (Å²) in [7, 11) is 5.25. The van der Waals surface area contributed by atoms with Crippen molar-refractivity contribution >= 4 is 32.7 Å². The van der Waals surface area contributed by atoms with Crippen molar-refractivity contribution in [1.82, 2.24) is 9.88 Å². The average Bonchev–Trinajstić information content (AvgIpc) is 2.86. The van der Waals surface area contributed by atoms with Gasteiger partial charge in [-0.05, 0) is 30.5 Å². The van der Waals surface area contributed by atoms with Crippen LogP contribution in [0.5, 0.6) is 0 Å². The highest BCUT2D eigenvalue weighted by Crippen LogP contribution is 2.29. The molecular formula is C15H21N3OS. The first-order valence-corrected chi connectivity index (χ1v) is 7.69. The number of carbonyl (C=O) groups is 1. The van der Waals surface area contributed by atoms with Gasteiger partial charge in [0, 0.05) is 21.1 Å². The lowest BCUT2D eigenvalue weighted by molar-refractivity contribution is 0.225. The Morgan fingerprint density at radius 2 is 2.05 bits per heavy atom. The molecule has 1 heterocycles. The molecule has 0 bridgehead atoms. The van der Waals surface area contributed by atoms with Crippen LogP contribution in [0.3, 0.4) is 0 Å². The maximum atomic E-state index is 11.9. The van der Waals surface area contributed by atoms with Crippen LogP contribution in [0.2, 0.25) is 0 Å². The van der Waals surface area contributed by atoms with Crippen LogP contribution in [-0.2, 0) is 6.42 Å². The molecule has 20 heavy (non-hydrogen) atoms. The van der Waals surface area contributed by atoms with Gasteiger partial charge in [0.15, 0.2) is 5.13 Å². The highest BCUT2D eigenvalue weighted by Gasteiger charge is 2.16. The van der Waals surface area contributed by atoms with Crippen LogP contribution in [0.1, 0.15) is 25.3 Å². The van der Waals surface area contributed by atoms with E-state index in [1.165, 1.54) is 18.4 Å². The van der Waals surface area contributed by atoms with Gasteiger partial charge in [-0.3, -0.25) is 4.90 Å². The molecule has 0 aliphatic carbocycles. The second-order valence-electron chi connectivity index (χ2n) is 5.14. The van der Waals surface area contributed by atoms with Crippen molar-refractivity contribution in [3.05, 3.63) is 23.8 Å². The van der Waals surface area contributed by atoms with Crippen molar-refractivity contribution < 1.29 is 4.79 Å². The number of carbonyl (C=O) groups excluding carboxylic acids is 1. The molecule has 108 valence electrons. The second-order valence-corrected chi connectivity index (χ2v) is 6.15. The van der Waals surface area contributed by atoms with Crippen molar-refractivity contribution in [3.8, 4) is 0 Å². The fourth-order valence-corrected chi connectivity index (χ4v) is 2.92. The normalized spacial score (nSPS) is 10.8. The summed E-state index contributed by atoms with van der Waals surface area (Å²) in [6, 6.07) is 6.34. The summed E-state index contributed by atoms with van der Waals surface area (Å²) in [5.41, 5.74) is 2.30. The van der Waals surface area contributed by atoms with Gasteiger partial charge in [0.05, 0.1) is 10.2 Å². The summed E-state index contributed by atoms with van der Waals surface area (Å²) in [4.78, 5) is 19.7. The number of thiazole rings is 1. The van der Waals surface area contributed by atoms with E-state index in [1.807, 2.05) is 0 Å². The number of benzene rings is 1. The first kappa shape index (κ1) is 14.8. The number of hydrogen-bond donors (Lipinski definition) is 0. The van der Waals surface area contributed by atoms with Crippen LogP contribution in [0, 0.1) is 0 Å². The largest absolute Gasteiger partial charge is 0.330 e. The third kappa shape index (κ3) is 3.10. The zero-order valence-electron chi connectivity index (χ0n) is 12.5. The van der Waals surface area contributed by atoms with Gasteiger partial charge in [0.2, 0.25) is 0 Å². The van der Waals surface area contributed by atoms with E-state index < -0.39 is 0 Å². The van der Waals surface area contributed by atoms with Crippen molar-refractivity contribution in [3.63, 3.8) is 0 Å². The van der Waals surface area contributed by atoms with Crippen molar-refractivity contribution in [2.75, 3.05) is 26.0 Å². The number of hydrogen-bond acceptors (Lipinski definition) is 3. The highest BCUT2D eigenvalue weighted by molar-refractivity contribution is 7.22. The Morgan fingerprint density at radius 3 is 2.70 bits per heavy atom. The number of urea groups is 1. The molecule has 0 aliphatic rings. The minimum absolute atomic E-state index is 0.0599. The molecule has 0 spiro atoms. The Morgan fingerprint density at radius 1 is 1.30 bits per heavy atom. The van der Waals surface area contributed by atoms with Gasteiger partial charge in [0.1, 0.15) is 0 Å². The van der Waals surface area contributed by atoms with Crippen molar-refractivity contribution in [2.24, 2.45) is 0 Å². The molecule has 0 unspecified atom stereocenters. The molecule has 0 saturated carbocycles. The molecular weight excluding hydrogens is 270 g/mol. The van der Waals surface area contributed by atoms with Crippen LogP contribution in [0.4, 0.5) is 9.93 Å². The number of anilines is 1. The fourth-order valence-electron chi connectivity index (χ4n) is 2.02. The molecule has 1 aromatic heterocycles. The zero-order valence-corrected chi connectivity index (χ0v) is 13.3. The maximum Gasteiger partial charge on any atom is 0.325 e. The van der Waals surface area contributed by atoms with E-state index in [0.717, 1.165) is 21.8 Å². The zero-order chi connectivity index (χ0) is 14.7. The Balaban J connectivity index is 2.26. The summed E-state index contributed by atoms with van der Waals surface area (Å²) in [5, 5.41) is 0.742. The minimum Gasteiger partial charge on any atom is -0.330 e. The quantitative estimate of drug-likeness (QED) is 0.860. The van der Waals surface area contributed by atoms with E-state index in [4.69, 9.17) is 0 Å². The van der Waals surface area contributed by atoms with Gasteiger partial charge in [0.25, 0.3) is 0 Å². The molecule has 0 radical (unpaired) electrons. The summed E-state index contributed by atoms with van der Waals surface area (Å²) in [6.07, 6.45) is 3.48. The fraction of sp³-hybridized carbons (Fsp3) is 0.467. The minimum atomic E-state index is -0.0599. The molecule has 0 saturated heterocycles. The molecule has 2 amide bonds. The lowest BCUT2D eigenvalue weighted by atomic mass is 10.1. The number of amides is 2. The Bertz CT molecular complexity index is 606. The number of aryl methyl sites for hydroxylation is 1. The van der Waals surface area contributed by atoms with Crippen LogP contribution in [0.15, 0.2) is 18.2 Å². The molecule has 5 heteroatoms. The van der Waals surface area contributed by atoms with Crippen LogP contribution < -0.4 is 4.90 Å². The van der Waals surface area contributed by atoms with E-state index in [-0.39, 0.29) is 6.03 Å². The van der Waals surface area contributed by atoms with E-state index in [0.29, 0.717) is 0 Å². The molecule has 2 aromatic rings. The predicted molar refractivity (Wildman–Crippen MR) is 85.7 cm³/mol. The molecule has 2 rings (SSSR count). The smallest absolute Gasteiger partial charge is 0.325 e. The summed E-state index contributed by atoms with van der Waals surface area (Å²) in [6.45, 7) is 2.20. The maximum absolute atomic E-state index is 11.9. The lowest BCUT2D eigenvalue weighted by Crippen LogP contribution is -2.36. The van der Waals surface area contributed by atoms with Crippen LogP contribution in [0.25, 0.3) is 10.2 Å². The standard InChI is InChI=1S/C15H21N3OS/c1-5-6-7-11-8-9-13-12(10-11)16-14(20-13)18(4)15(19)17(2)3/h8-10H,5-7H2,1-4H3. The van der Waals surface area contributed by atoms with E-state index in [2.05, 4.69) is 30.1 Å². The van der Waals surface area contributed by atoms with Crippen molar-refractivity contribution in [2.45, 2.75) is 26.2 Å². The molecule has 4 nitrogen and oxygen atoms in total. The monoisotopic (exact) mass is 291 g/mol.